The van der Waals surface area contributed by atoms with Crippen molar-refractivity contribution in [3.8, 4) is 5.69 Å². The van der Waals surface area contributed by atoms with E-state index in [0.29, 0.717) is 12.1 Å². The second-order valence-corrected chi connectivity index (χ2v) is 8.35. The maximum atomic E-state index is 13.3. The number of hydrogen-bond acceptors (Lipinski definition) is 7. The van der Waals surface area contributed by atoms with Gasteiger partial charge in [-0.1, -0.05) is 0 Å². The van der Waals surface area contributed by atoms with Crippen molar-refractivity contribution >= 4 is 11.9 Å². The second-order valence-electron chi connectivity index (χ2n) is 8.35. The highest BCUT2D eigenvalue weighted by Gasteiger charge is 2.45. The van der Waals surface area contributed by atoms with E-state index in [-0.39, 0.29) is 11.3 Å². The molecule has 0 N–H and O–H groups in total. The number of carbonyl (C=O) groups excluding carboxylic acids is 1. The second kappa shape index (κ2) is 7.16. The Morgan fingerprint density at radius 2 is 2.00 bits per heavy atom. The number of tetrazole rings is 1. The molecule has 1 atom stereocenters. The molecule has 1 aliphatic carbocycles. The molecule has 1 saturated heterocycles. The number of piperidine rings is 1. The number of carbonyl (C=O) groups is 1. The molecule has 3 heterocycles. The molecule has 154 valence electrons. The number of nitrogens with zero attached hydrogens (tertiary/aromatic N) is 8. The Labute approximate surface area is 174 Å². The molecule has 1 spiro atoms. The van der Waals surface area contributed by atoms with E-state index in [0.717, 1.165) is 49.6 Å². The molecule has 0 radical (unpaired) electrons. The van der Waals surface area contributed by atoms with Crippen LogP contribution in [0.3, 0.4) is 0 Å². The fraction of sp³-hybridized carbons (Fsp3) is 0.429. The average Bonchev–Trinajstić information content (AvgIpc) is 3.43. The van der Waals surface area contributed by atoms with Gasteiger partial charge < -0.3 is 9.80 Å². The van der Waals surface area contributed by atoms with Gasteiger partial charge in [-0.2, -0.15) is 0 Å². The monoisotopic (exact) mass is 404 g/mol. The van der Waals surface area contributed by atoms with Gasteiger partial charge in [-0.05, 0) is 65.9 Å². The predicted octanol–water partition coefficient (Wildman–Crippen LogP) is 1.64. The molecule has 1 fully saturated rings. The van der Waals surface area contributed by atoms with E-state index in [9.17, 15) is 4.79 Å². The van der Waals surface area contributed by atoms with Gasteiger partial charge in [-0.15, -0.1) is 5.10 Å². The van der Waals surface area contributed by atoms with Crippen LogP contribution in [0.4, 0.5) is 5.95 Å². The number of amides is 1. The van der Waals surface area contributed by atoms with Gasteiger partial charge in [0.1, 0.15) is 6.33 Å². The van der Waals surface area contributed by atoms with Gasteiger partial charge in [0.25, 0.3) is 5.91 Å². The largest absolute Gasteiger partial charge is 0.347 e. The van der Waals surface area contributed by atoms with Gasteiger partial charge in [0, 0.05) is 44.4 Å². The molecule has 1 amide bonds. The van der Waals surface area contributed by atoms with Crippen molar-refractivity contribution in [1.29, 1.82) is 0 Å². The molecule has 1 unspecified atom stereocenters. The molecule has 1 aromatic carbocycles. The van der Waals surface area contributed by atoms with Crippen molar-refractivity contribution in [2.75, 3.05) is 32.1 Å². The Bertz CT molecular complexity index is 1060. The van der Waals surface area contributed by atoms with Gasteiger partial charge in [-0.25, -0.2) is 14.6 Å². The number of rotatable bonds is 3. The lowest BCUT2D eigenvalue weighted by Crippen LogP contribution is -2.48. The highest BCUT2D eigenvalue weighted by molar-refractivity contribution is 5.94. The number of aryl methyl sites for hydroxylation is 1. The third kappa shape index (κ3) is 3.10. The zero-order chi connectivity index (χ0) is 20.7. The van der Waals surface area contributed by atoms with Crippen molar-refractivity contribution in [1.82, 2.24) is 35.1 Å². The van der Waals surface area contributed by atoms with Crippen LogP contribution in [-0.2, 0) is 11.8 Å². The van der Waals surface area contributed by atoms with Crippen molar-refractivity contribution < 1.29 is 4.79 Å². The van der Waals surface area contributed by atoms with E-state index < -0.39 is 0 Å². The molecule has 2 aromatic heterocycles. The van der Waals surface area contributed by atoms with E-state index in [1.54, 1.807) is 4.68 Å². The predicted molar refractivity (Wildman–Crippen MR) is 111 cm³/mol. The molecular weight excluding hydrogens is 380 g/mol. The zero-order valence-corrected chi connectivity index (χ0v) is 17.2. The third-order valence-electron chi connectivity index (χ3n) is 6.22. The summed E-state index contributed by atoms with van der Waals surface area (Å²) in [5.41, 5.74) is 3.79. The van der Waals surface area contributed by atoms with E-state index in [4.69, 9.17) is 4.98 Å². The summed E-state index contributed by atoms with van der Waals surface area (Å²) < 4.78 is 1.57. The summed E-state index contributed by atoms with van der Waals surface area (Å²) >= 11 is 0. The van der Waals surface area contributed by atoms with E-state index in [1.807, 2.05) is 54.4 Å². The number of anilines is 1. The minimum atomic E-state index is -0.0662. The quantitative estimate of drug-likeness (QED) is 0.655. The Balaban J connectivity index is 1.39. The molecule has 30 heavy (non-hydrogen) atoms. The topological polar surface area (TPSA) is 92.9 Å². The van der Waals surface area contributed by atoms with Crippen molar-refractivity contribution in [3.05, 3.63) is 53.6 Å². The molecule has 9 nitrogen and oxygen atoms in total. The molecule has 1 aliphatic heterocycles. The summed E-state index contributed by atoms with van der Waals surface area (Å²) in [6.45, 7) is 1.48. The first-order valence-corrected chi connectivity index (χ1v) is 10.2. The Morgan fingerprint density at radius 1 is 1.17 bits per heavy atom. The summed E-state index contributed by atoms with van der Waals surface area (Å²) in [5.74, 6) is 0.796. The van der Waals surface area contributed by atoms with Crippen LogP contribution in [0.5, 0.6) is 0 Å². The lowest BCUT2D eigenvalue weighted by Gasteiger charge is -2.40. The molecule has 2 aliphatic rings. The molecule has 9 heteroatoms. The maximum absolute atomic E-state index is 13.3. The van der Waals surface area contributed by atoms with Gasteiger partial charge in [0.05, 0.1) is 11.4 Å². The van der Waals surface area contributed by atoms with Crippen LogP contribution in [0.25, 0.3) is 5.69 Å². The van der Waals surface area contributed by atoms with Gasteiger partial charge in [0.15, 0.2) is 0 Å². The lowest BCUT2D eigenvalue weighted by atomic mass is 9.77. The highest BCUT2D eigenvalue weighted by atomic mass is 16.2. The Kier molecular flexibility index (Phi) is 4.45. The first-order chi connectivity index (χ1) is 14.6. The van der Waals surface area contributed by atoms with Gasteiger partial charge in [-0.3, -0.25) is 4.79 Å². The lowest BCUT2D eigenvalue weighted by molar-refractivity contribution is 0.0633. The van der Waals surface area contributed by atoms with Crippen LogP contribution in [0, 0.1) is 0 Å². The van der Waals surface area contributed by atoms with Gasteiger partial charge >= 0.3 is 0 Å². The molecular formula is C21H24N8O. The van der Waals surface area contributed by atoms with Crippen LogP contribution >= 0.6 is 0 Å². The first-order valence-electron chi connectivity index (χ1n) is 10.2. The summed E-state index contributed by atoms with van der Waals surface area (Å²) in [4.78, 5) is 26.6. The molecule has 3 aromatic rings. The third-order valence-corrected chi connectivity index (χ3v) is 6.22. The fourth-order valence-corrected chi connectivity index (χ4v) is 4.67. The molecule has 0 bridgehead atoms. The number of hydrogen-bond donors (Lipinski definition) is 0. The van der Waals surface area contributed by atoms with Crippen LogP contribution in [0.2, 0.25) is 0 Å². The van der Waals surface area contributed by atoms with Crippen LogP contribution < -0.4 is 4.90 Å². The number of benzene rings is 1. The van der Waals surface area contributed by atoms with Crippen molar-refractivity contribution in [2.45, 2.75) is 31.1 Å². The van der Waals surface area contributed by atoms with Crippen LogP contribution in [0.15, 0.2) is 36.8 Å². The van der Waals surface area contributed by atoms with E-state index in [1.165, 1.54) is 11.9 Å². The summed E-state index contributed by atoms with van der Waals surface area (Å²) in [6, 6.07) is 7.42. The Hall–Kier alpha value is -3.36. The number of likely N-dealkylation sites (tertiary alicyclic amines) is 1. The van der Waals surface area contributed by atoms with Gasteiger partial charge in [0.2, 0.25) is 5.95 Å². The van der Waals surface area contributed by atoms with Crippen molar-refractivity contribution in [3.63, 3.8) is 0 Å². The summed E-state index contributed by atoms with van der Waals surface area (Å²) in [6.07, 6.45) is 7.54. The van der Waals surface area contributed by atoms with E-state index in [2.05, 4.69) is 20.5 Å². The maximum Gasteiger partial charge on any atom is 0.253 e. The zero-order valence-electron chi connectivity index (χ0n) is 17.2. The van der Waals surface area contributed by atoms with Crippen molar-refractivity contribution in [2.24, 2.45) is 0 Å². The fourth-order valence-electron chi connectivity index (χ4n) is 4.67. The minimum absolute atomic E-state index is 0.0627. The average molecular weight is 404 g/mol. The minimum Gasteiger partial charge on any atom is -0.347 e. The van der Waals surface area contributed by atoms with Crippen LogP contribution in [0.1, 0.15) is 40.9 Å². The van der Waals surface area contributed by atoms with Crippen LogP contribution in [-0.4, -0.2) is 68.2 Å². The highest BCUT2D eigenvalue weighted by Crippen LogP contribution is 2.44. The SMILES string of the molecule is CN(C)c1ncc2c(n1)C1(CCCN(C(=O)c3ccc(-n4cnnn4)cc3)C1)CC2. The summed E-state index contributed by atoms with van der Waals surface area (Å²) in [7, 11) is 3.91. The molecule has 0 saturated carbocycles. The summed E-state index contributed by atoms with van der Waals surface area (Å²) in [5, 5.41) is 11.2. The molecule has 5 rings (SSSR count). The standard InChI is InChI=1S/C21H24N8O/c1-27(2)20-22-12-16-8-10-21(18(16)24-20)9-3-11-28(13-21)19(30)15-4-6-17(7-5-15)29-14-23-25-26-29/h4-7,12,14H,3,8-11,13H2,1-2H3. The smallest absolute Gasteiger partial charge is 0.253 e. The first kappa shape index (κ1) is 18.7. The number of aromatic nitrogens is 6. The Morgan fingerprint density at radius 3 is 2.73 bits per heavy atom. The van der Waals surface area contributed by atoms with E-state index >= 15 is 0 Å². The normalized spacial score (nSPS) is 20.4. The number of fused-ring (bicyclic) bond motifs is 2.